The van der Waals surface area contributed by atoms with Crippen LogP contribution in [0.3, 0.4) is 0 Å². The lowest BCUT2D eigenvalue weighted by atomic mass is 9.84. The van der Waals surface area contributed by atoms with E-state index >= 15 is 0 Å². The van der Waals surface area contributed by atoms with E-state index in [0.717, 1.165) is 36.3 Å². The molecule has 0 bridgehead atoms. The van der Waals surface area contributed by atoms with E-state index in [2.05, 4.69) is 31.3 Å². The zero-order valence-corrected chi connectivity index (χ0v) is 15.9. The molecule has 0 aromatic heterocycles. The van der Waals surface area contributed by atoms with E-state index in [-0.39, 0.29) is 11.5 Å². The number of hydrogen-bond acceptors (Lipinski definition) is 3. The molecule has 0 spiro atoms. The standard InChI is InChI=1S/C22H31NO2/c1-4-25-18-11-12-19-17(13-18)15-22(2,3)23-20(19)14-21(24)16-9-7-5-6-8-10-16/h11-14,16,23H,4-10,15H2,1-3H3/b20-14+. The average molecular weight is 341 g/mol. The molecule has 2 aliphatic rings. The molecule has 3 nitrogen and oxygen atoms in total. The topological polar surface area (TPSA) is 38.3 Å². The van der Waals surface area contributed by atoms with Gasteiger partial charge in [0.1, 0.15) is 5.75 Å². The van der Waals surface area contributed by atoms with Crippen LogP contribution in [0.25, 0.3) is 5.70 Å². The summed E-state index contributed by atoms with van der Waals surface area (Å²) in [4.78, 5) is 12.9. The fraction of sp³-hybridized carbons (Fsp3) is 0.591. The Morgan fingerprint density at radius 2 is 1.96 bits per heavy atom. The fourth-order valence-corrected chi connectivity index (χ4v) is 4.13. The number of nitrogens with one attached hydrogen (secondary N) is 1. The molecule has 0 radical (unpaired) electrons. The van der Waals surface area contributed by atoms with Crippen molar-refractivity contribution in [1.82, 2.24) is 5.32 Å². The van der Waals surface area contributed by atoms with Gasteiger partial charge in [0.2, 0.25) is 0 Å². The molecule has 0 atom stereocenters. The summed E-state index contributed by atoms with van der Waals surface area (Å²) >= 11 is 0. The Morgan fingerprint density at radius 1 is 1.24 bits per heavy atom. The van der Waals surface area contributed by atoms with Gasteiger partial charge in [-0.1, -0.05) is 25.7 Å². The highest BCUT2D eigenvalue weighted by Crippen LogP contribution is 2.33. The number of fused-ring (bicyclic) bond motifs is 1. The van der Waals surface area contributed by atoms with Gasteiger partial charge in [-0.3, -0.25) is 4.79 Å². The Morgan fingerprint density at radius 3 is 2.64 bits per heavy atom. The summed E-state index contributed by atoms with van der Waals surface area (Å²) in [6.45, 7) is 7.05. The third-order valence-electron chi connectivity index (χ3n) is 5.33. The minimum absolute atomic E-state index is 0.0621. The van der Waals surface area contributed by atoms with Crippen molar-refractivity contribution in [3.8, 4) is 5.75 Å². The number of carbonyl (C=O) groups excluding carboxylic acids is 1. The molecule has 0 saturated heterocycles. The average Bonchev–Trinajstić information content (AvgIpc) is 2.83. The van der Waals surface area contributed by atoms with Crippen LogP contribution in [0.1, 0.15) is 70.4 Å². The first kappa shape index (κ1) is 18.0. The van der Waals surface area contributed by atoms with Crippen LogP contribution < -0.4 is 10.1 Å². The first-order valence-electron chi connectivity index (χ1n) is 9.78. The molecule has 1 aromatic carbocycles. The van der Waals surface area contributed by atoms with Gasteiger partial charge in [0.15, 0.2) is 5.78 Å². The quantitative estimate of drug-likeness (QED) is 0.626. The minimum atomic E-state index is -0.0621. The van der Waals surface area contributed by atoms with Gasteiger partial charge < -0.3 is 10.1 Å². The Bertz CT molecular complexity index is 652. The minimum Gasteiger partial charge on any atom is -0.494 e. The van der Waals surface area contributed by atoms with Crippen LogP contribution in [0.2, 0.25) is 0 Å². The van der Waals surface area contributed by atoms with E-state index in [0.29, 0.717) is 12.4 Å². The van der Waals surface area contributed by atoms with Gasteiger partial charge in [0.25, 0.3) is 0 Å². The molecule has 1 fully saturated rings. The van der Waals surface area contributed by atoms with Crippen LogP contribution in [0.15, 0.2) is 24.3 Å². The molecule has 1 saturated carbocycles. The van der Waals surface area contributed by atoms with E-state index in [1.807, 2.05) is 19.1 Å². The molecule has 1 aromatic rings. The zero-order chi connectivity index (χ0) is 17.9. The van der Waals surface area contributed by atoms with Crippen LogP contribution in [0.4, 0.5) is 0 Å². The van der Waals surface area contributed by atoms with Crippen LogP contribution in [-0.2, 0) is 11.2 Å². The van der Waals surface area contributed by atoms with Gasteiger partial charge in [-0.2, -0.15) is 0 Å². The molecule has 0 amide bonds. The maximum Gasteiger partial charge on any atom is 0.160 e. The van der Waals surface area contributed by atoms with Gasteiger partial charge in [0, 0.05) is 28.8 Å². The number of rotatable bonds is 4. The van der Waals surface area contributed by atoms with E-state index in [1.54, 1.807) is 0 Å². The Hall–Kier alpha value is -1.77. The van der Waals surface area contributed by atoms with Crippen molar-refractivity contribution in [2.75, 3.05) is 6.61 Å². The zero-order valence-electron chi connectivity index (χ0n) is 15.9. The Labute approximate surface area is 151 Å². The largest absolute Gasteiger partial charge is 0.494 e. The van der Waals surface area contributed by atoms with E-state index in [9.17, 15) is 4.79 Å². The normalized spacial score (nSPS) is 22.0. The highest BCUT2D eigenvalue weighted by Gasteiger charge is 2.29. The number of benzene rings is 1. The number of ether oxygens (including phenoxy) is 1. The summed E-state index contributed by atoms with van der Waals surface area (Å²) in [5.74, 6) is 1.41. The van der Waals surface area contributed by atoms with Crippen molar-refractivity contribution in [2.45, 2.75) is 71.3 Å². The lowest BCUT2D eigenvalue weighted by Crippen LogP contribution is -2.44. The first-order valence-corrected chi connectivity index (χ1v) is 9.78. The van der Waals surface area contributed by atoms with Crippen LogP contribution in [0, 0.1) is 5.92 Å². The molecule has 3 rings (SSSR count). The summed E-state index contributed by atoms with van der Waals surface area (Å²) in [5, 5.41) is 3.59. The Kier molecular flexibility index (Phi) is 5.51. The van der Waals surface area contributed by atoms with Crippen LogP contribution >= 0.6 is 0 Å². The van der Waals surface area contributed by atoms with Gasteiger partial charge in [-0.15, -0.1) is 0 Å². The smallest absolute Gasteiger partial charge is 0.160 e. The van der Waals surface area contributed by atoms with E-state index < -0.39 is 0 Å². The second-order valence-corrected chi connectivity index (χ2v) is 8.09. The third kappa shape index (κ3) is 4.45. The van der Waals surface area contributed by atoms with Crippen molar-refractivity contribution in [3.05, 3.63) is 35.4 Å². The summed E-state index contributed by atoms with van der Waals surface area (Å²) in [5.41, 5.74) is 3.32. The first-order chi connectivity index (χ1) is 12.0. The summed E-state index contributed by atoms with van der Waals surface area (Å²) in [7, 11) is 0. The highest BCUT2D eigenvalue weighted by atomic mass is 16.5. The lowest BCUT2D eigenvalue weighted by molar-refractivity contribution is -0.118. The molecule has 1 heterocycles. The third-order valence-corrected chi connectivity index (χ3v) is 5.33. The fourth-order valence-electron chi connectivity index (χ4n) is 4.13. The SMILES string of the molecule is CCOc1ccc2c(c1)CC(C)(C)N/C2=C/C(=O)C1CCCCCC1. The van der Waals surface area contributed by atoms with Crippen LogP contribution in [0.5, 0.6) is 5.75 Å². The Balaban J connectivity index is 1.89. The maximum absolute atomic E-state index is 12.9. The molecular weight excluding hydrogens is 310 g/mol. The molecule has 3 heteroatoms. The predicted octanol–water partition coefficient (Wildman–Crippen LogP) is 4.89. The van der Waals surface area contributed by atoms with Gasteiger partial charge in [-0.05, 0) is 63.8 Å². The van der Waals surface area contributed by atoms with Gasteiger partial charge >= 0.3 is 0 Å². The summed E-state index contributed by atoms with van der Waals surface area (Å²) < 4.78 is 5.66. The predicted molar refractivity (Wildman–Crippen MR) is 103 cm³/mol. The molecule has 1 aliphatic heterocycles. The number of allylic oxidation sites excluding steroid dienone is 1. The van der Waals surface area contributed by atoms with E-state index in [1.165, 1.54) is 31.2 Å². The number of ketones is 1. The van der Waals surface area contributed by atoms with E-state index in [4.69, 9.17) is 4.74 Å². The van der Waals surface area contributed by atoms with Crippen molar-refractivity contribution in [1.29, 1.82) is 0 Å². The summed E-state index contributed by atoms with van der Waals surface area (Å²) in [6, 6.07) is 6.23. The van der Waals surface area contributed by atoms with Crippen molar-refractivity contribution < 1.29 is 9.53 Å². The van der Waals surface area contributed by atoms with Gasteiger partial charge in [0.05, 0.1) is 6.61 Å². The van der Waals surface area contributed by atoms with Crippen molar-refractivity contribution >= 4 is 11.5 Å². The van der Waals surface area contributed by atoms with Gasteiger partial charge in [-0.25, -0.2) is 0 Å². The van der Waals surface area contributed by atoms with Crippen molar-refractivity contribution in [2.24, 2.45) is 5.92 Å². The molecular formula is C22H31NO2. The molecule has 1 aliphatic carbocycles. The second-order valence-electron chi connectivity index (χ2n) is 8.09. The molecule has 1 N–H and O–H groups in total. The molecule has 25 heavy (non-hydrogen) atoms. The molecule has 136 valence electrons. The maximum atomic E-state index is 12.9. The molecule has 0 unspecified atom stereocenters. The highest BCUT2D eigenvalue weighted by molar-refractivity contribution is 5.98. The van der Waals surface area contributed by atoms with Crippen molar-refractivity contribution in [3.63, 3.8) is 0 Å². The second kappa shape index (κ2) is 7.63. The monoisotopic (exact) mass is 341 g/mol. The summed E-state index contributed by atoms with van der Waals surface area (Å²) in [6.07, 6.45) is 9.81. The van der Waals surface area contributed by atoms with Crippen LogP contribution in [-0.4, -0.2) is 17.9 Å². The number of hydrogen-bond donors (Lipinski definition) is 1. The lowest BCUT2D eigenvalue weighted by Gasteiger charge is -2.36. The number of carbonyl (C=O) groups is 1.